The topological polar surface area (TPSA) is 61.8 Å². The standard InChI is InChI=1S/C22H25ClO5/c1-11(2)16-17-15-9-8-12(3)22(15,4)19(24)18(16)26-21(17)28-27-20(25)13-6-5-7-14(23)10-13/h5-7,10-11,15-18,21H,3,8-9H2,1-2,4H3/t15-,16-,17+,18+,21+,22-/m0/s1. The van der Waals surface area contributed by atoms with Gasteiger partial charge in [-0.15, -0.1) is 0 Å². The second-order valence-electron chi connectivity index (χ2n) is 8.62. The van der Waals surface area contributed by atoms with Gasteiger partial charge in [0.05, 0.1) is 11.0 Å². The van der Waals surface area contributed by atoms with Crippen LogP contribution in [-0.2, 0) is 19.3 Å². The highest BCUT2D eigenvalue weighted by atomic mass is 35.5. The third kappa shape index (κ3) is 2.83. The fraction of sp³-hybridized carbons (Fsp3) is 0.545. The molecule has 1 heterocycles. The molecule has 6 heteroatoms. The maximum atomic E-state index is 13.3. The zero-order valence-corrected chi connectivity index (χ0v) is 17.1. The number of ketones is 1. The molecule has 150 valence electrons. The van der Waals surface area contributed by atoms with E-state index in [1.54, 1.807) is 18.2 Å². The second kappa shape index (κ2) is 6.97. The van der Waals surface area contributed by atoms with Gasteiger partial charge in [0, 0.05) is 16.9 Å². The number of rotatable bonds is 4. The molecule has 6 atom stereocenters. The number of hydrogen-bond acceptors (Lipinski definition) is 5. The minimum absolute atomic E-state index is 0.0286. The molecule has 1 aliphatic heterocycles. The molecule has 1 saturated heterocycles. The zero-order valence-electron chi connectivity index (χ0n) is 16.3. The Kier molecular flexibility index (Phi) is 4.89. The van der Waals surface area contributed by atoms with E-state index in [-0.39, 0.29) is 29.5 Å². The van der Waals surface area contributed by atoms with Crippen LogP contribution in [-0.4, -0.2) is 24.1 Å². The van der Waals surface area contributed by atoms with Gasteiger partial charge in [-0.05, 0) is 49.8 Å². The van der Waals surface area contributed by atoms with E-state index < -0.39 is 23.8 Å². The lowest BCUT2D eigenvalue weighted by molar-refractivity contribution is -0.343. The molecule has 1 aromatic rings. The van der Waals surface area contributed by atoms with Crippen LogP contribution < -0.4 is 0 Å². The first-order chi connectivity index (χ1) is 13.2. The molecule has 3 fully saturated rings. The normalized spacial score (nSPS) is 36.7. The summed E-state index contributed by atoms with van der Waals surface area (Å²) in [5, 5.41) is 0.438. The van der Waals surface area contributed by atoms with Crippen molar-refractivity contribution in [2.24, 2.45) is 29.1 Å². The molecule has 1 aromatic carbocycles. The van der Waals surface area contributed by atoms with Crippen LogP contribution in [0.5, 0.6) is 0 Å². The average molecular weight is 405 g/mol. The van der Waals surface area contributed by atoms with Crippen molar-refractivity contribution in [1.82, 2.24) is 0 Å². The molecular weight excluding hydrogens is 380 g/mol. The first-order valence-corrected chi connectivity index (χ1v) is 10.1. The van der Waals surface area contributed by atoms with Crippen LogP contribution in [0.25, 0.3) is 0 Å². The van der Waals surface area contributed by atoms with Gasteiger partial charge in [0.1, 0.15) is 6.10 Å². The molecule has 0 amide bonds. The van der Waals surface area contributed by atoms with Crippen LogP contribution in [0.2, 0.25) is 5.02 Å². The van der Waals surface area contributed by atoms with Crippen LogP contribution in [0, 0.1) is 29.1 Å². The van der Waals surface area contributed by atoms with Crippen LogP contribution in [0.3, 0.4) is 0 Å². The SMILES string of the molecule is C=C1CC[C@H]2[C@H]3[C@@H](OOC(=O)c4cccc(Cl)c4)O[C@@H](C(=O)[C@@]12C)[C@H]3C(C)C. The van der Waals surface area contributed by atoms with E-state index in [4.69, 9.17) is 26.1 Å². The smallest absolute Gasteiger partial charge is 0.337 e. The fourth-order valence-corrected chi connectivity index (χ4v) is 5.60. The number of allylic oxidation sites excluding steroid dienone is 1. The van der Waals surface area contributed by atoms with E-state index >= 15 is 0 Å². The summed E-state index contributed by atoms with van der Waals surface area (Å²) in [5.41, 5.74) is 0.680. The maximum absolute atomic E-state index is 13.3. The van der Waals surface area contributed by atoms with Crippen molar-refractivity contribution in [3.05, 3.63) is 47.0 Å². The van der Waals surface area contributed by atoms with E-state index in [0.29, 0.717) is 10.6 Å². The van der Waals surface area contributed by atoms with E-state index in [9.17, 15) is 9.59 Å². The quantitative estimate of drug-likeness (QED) is 0.417. The highest BCUT2D eigenvalue weighted by Crippen LogP contribution is 2.62. The average Bonchev–Trinajstić information content (AvgIpc) is 3.15. The molecule has 2 aliphatic carbocycles. The summed E-state index contributed by atoms with van der Waals surface area (Å²) in [5.74, 6) is -0.227. The summed E-state index contributed by atoms with van der Waals surface area (Å²) in [7, 11) is 0. The Morgan fingerprint density at radius 2 is 2.14 bits per heavy atom. The van der Waals surface area contributed by atoms with Crippen LogP contribution in [0.15, 0.2) is 36.4 Å². The van der Waals surface area contributed by atoms with Crippen molar-refractivity contribution < 1.29 is 24.1 Å². The molecule has 0 aromatic heterocycles. The van der Waals surface area contributed by atoms with Gasteiger partial charge in [-0.2, -0.15) is 4.89 Å². The van der Waals surface area contributed by atoms with Crippen molar-refractivity contribution in [2.75, 3.05) is 0 Å². The first-order valence-electron chi connectivity index (χ1n) is 9.76. The number of halogens is 1. The van der Waals surface area contributed by atoms with Crippen molar-refractivity contribution in [2.45, 2.75) is 46.0 Å². The van der Waals surface area contributed by atoms with Crippen LogP contribution >= 0.6 is 11.6 Å². The Bertz CT molecular complexity index is 834. The Balaban J connectivity index is 1.57. The van der Waals surface area contributed by atoms with E-state index in [2.05, 4.69) is 20.4 Å². The lowest BCUT2D eigenvalue weighted by atomic mass is 9.57. The summed E-state index contributed by atoms with van der Waals surface area (Å²) in [6, 6.07) is 6.46. The Morgan fingerprint density at radius 1 is 1.39 bits per heavy atom. The lowest BCUT2D eigenvalue weighted by Crippen LogP contribution is -2.52. The number of benzene rings is 1. The number of fused-ring (bicyclic) bond motifs is 4. The Hall–Kier alpha value is -1.69. The van der Waals surface area contributed by atoms with Gasteiger partial charge < -0.3 is 4.74 Å². The molecule has 0 radical (unpaired) electrons. The molecular formula is C22H25ClO5. The lowest BCUT2D eigenvalue weighted by Gasteiger charge is -2.44. The minimum atomic E-state index is -0.762. The van der Waals surface area contributed by atoms with Crippen molar-refractivity contribution >= 4 is 23.4 Å². The van der Waals surface area contributed by atoms with Gasteiger partial charge in [-0.1, -0.05) is 43.7 Å². The molecule has 0 unspecified atom stereocenters. The zero-order chi connectivity index (χ0) is 20.2. The fourth-order valence-electron chi connectivity index (χ4n) is 5.41. The number of hydrogen-bond donors (Lipinski definition) is 0. The van der Waals surface area contributed by atoms with Gasteiger partial charge in [-0.25, -0.2) is 4.79 Å². The number of Topliss-reactive ketones (excluding diaryl/α,β-unsaturated/α-hetero) is 1. The molecule has 3 aliphatic rings. The van der Waals surface area contributed by atoms with Gasteiger partial charge in [-0.3, -0.25) is 9.68 Å². The van der Waals surface area contributed by atoms with Gasteiger partial charge >= 0.3 is 5.97 Å². The van der Waals surface area contributed by atoms with E-state index in [1.165, 1.54) is 6.07 Å². The van der Waals surface area contributed by atoms with Gasteiger partial charge in [0.15, 0.2) is 5.78 Å². The summed E-state index contributed by atoms with van der Waals surface area (Å²) in [6.45, 7) is 10.3. The maximum Gasteiger partial charge on any atom is 0.373 e. The first kappa shape index (κ1) is 19.6. The second-order valence-corrected chi connectivity index (χ2v) is 9.05. The molecule has 2 saturated carbocycles. The molecule has 2 bridgehead atoms. The van der Waals surface area contributed by atoms with Crippen molar-refractivity contribution in [3.8, 4) is 0 Å². The van der Waals surface area contributed by atoms with Crippen LogP contribution in [0.1, 0.15) is 44.0 Å². The number of carbonyl (C=O) groups excluding carboxylic acids is 2. The summed E-state index contributed by atoms with van der Waals surface area (Å²) in [4.78, 5) is 36.2. The minimum Gasteiger partial charge on any atom is -0.337 e. The van der Waals surface area contributed by atoms with E-state index in [1.807, 2.05) is 6.92 Å². The highest BCUT2D eigenvalue weighted by Gasteiger charge is 2.67. The van der Waals surface area contributed by atoms with Crippen molar-refractivity contribution in [3.63, 3.8) is 0 Å². The largest absolute Gasteiger partial charge is 0.373 e. The summed E-state index contributed by atoms with van der Waals surface area (Å²) < 4.78 is 6.02. The molecule has 28 heavy (non-hydrogen) atoms. The van der Waals surface area contributed by atoms with E-state index in [0.717, 1.165) is 18.4 Å². The Labute approximate surface area is 169 Å². The Morgan fingerprint density at radius 3 is 2.82 bits per heavy atom. The summed E-state index contributed by atoms with van der Waals surface area (Å²) >= 11 is 5.93. The van der Waals surface area contributed by atoms with Gasteiger partial charge in [0.2, 0.25) is 6.29 Å². The number of carbonyl (C=O) groups is 2. The third-order valence-electron chi connectivity index (χ3n) is 6.91. The third-order valence-corrected chi connectivity index (χ3v) is 7.14. The monoisotopic (exact) mass is 404 g/mol. The molecule has 0 N–H and O–H groups in total. The molecule has 4 rings (SSSR count). The van der Waals surface area contributed by atoms with Gasteiger partial charge in [0.25, 0.3) is 0 Å². The number of ether oxygens (including phenoxy) is 1. The predicted octanol–water partition coefficient (Wildman–Crippen LogP) is 4.60. The molecule has 0 spiro atoms. The highest BCUT2D eigenvalue weighted by molar-refractivity contribution is 6.30. The molecule has 5 nitrogen and oxygen atoms in total. The van der Waals surface area contributed by atoms with Crippen LogP contribution in [0.4, 0.5) is 0 Å². The van der Waals surface area contributed by atoms with Crippen molar-refractivity contribution in [1.29, 1.82) is 0 Å². The predicted molar refractivity (Wildman–Crippen MR) is 103 cm³/mol. The summed E-state index contributed by atoms with van der Waals surface area (Å²) in [6.07, 6.45) is 0.376.